The van der Waals surface area contributed by atoms with Crippen LogP contribution in [0.3, 0.4) is 0 Å². The quantitative estimate of drug-likeness (QED) is 0.660. The lowest BCUT2D eigenvalue weighted by Crippen LogP contribution is -2.45. The highest BCUT2D eigenvalue weighted by Crippen LogP contribution is 2.28. The van der Waals surface area contributed by atoms with Crippen LogP contribution < -0.4 is 16.0 Å². The van der Waals surface area contributed by atoms with Crippen molar-refractivity contribution in [3.05, 3.63) is 35.9 Å². The predicted octanol–water partition coefficient (Wildman–Crippen LogP) is 1.45. The minimum absolute atomic E-state index is 0.0793. The first-order chi connectivity index (χ1) is 9.61. The van der Waals surface area contributed by atoms with Crippen LogP contribution in [0.2, 0.25) is 0 Å². The molecule has 3 atom stereocenters. The van der Waals surface area contributed by atoms with Gasteiger partial charge in [-0.2, -0.15) is 0 Å². The number of hydrogen-bond donors (Lipinski definition) is 3. The molecule has 2 unspecified atom stereocenters. The van der Waals surface area contributed by atoms with Crippen molar-refractivity contribution in [1.29, 1.82) is 0 Å². The average molecular weight is 275 g/mol. The number of carbonyl (C=O) groups excluding carboxylic acids is 1. The van der Waals surface area contributed by atoms with Crippen molar-refractivity contribution in [3.8, 4) is 0 Å². The highest BCUT2D eigenvalue weighted by atomic mass is 16.2. The van der Waals surface area contributed by atoms with Crippen LogP contribution in [0.5, 0.6) is 0 Å². The lowest BCUT2D eigenvalue weighted by atomic mass is 10.0. The molecule has 4 nitrogen and oxygen atoms in total. The fourth-order valence-corrected chi connectivity index (χ4v) is 2.54. The van der Waals surface area contributed by atoms with Crippen LogP contribution in [0.4, 0.5) is 0 Å². The molecule has 1 heterocycles. The minimum atomic E-state index is -0.0983. The van der Waals surface area contributed by atoms with Crippen LogP contribution in [0.1, 0.15) is 31.9 Å². The summed E-state index contributed by atoms with van der Waals surface area (Å²) in [7, 11) is 1.69. The van der Waals surface area contributed by atoms with Gasteiger partial charge in [0.1, 0.15) is 0 Å². The third-order valence-corrected chi connectivity index (χ3v) is 3.70. The molecule has 20 heavy (non-hydrogen) atoms. The summed E-state index contributed by atoms with van der Waals surface area (Å²) in [5.41, 5.74) is 1.32. The van der Waals surface area contributed by atoms with Gasteiger partial charge in [-0.25, -0.2) is 0 Å². The maximum absolute atomic E-state index is 11.8. The van der Waals surface area contributed by atoms with Crippen LogP contribution >= 0.6 is 0 Å². The number of hydrogen-bond acceptors (Lipinski definition) is 3. The van der Waals surface area contributed by atoms with Gasteiger partial charge in [0.25, 0.3) is 0 Å². The van der Waals surface area contributed by atoms with E-state index in [4.69, 9.17) is 0 Å². The fraction of sp³-hybridized carbons (Fsp3) is 0.562. The SMILES string of the molecule is CNC(=O)[C@H](CC(C)C)NCC1NC1c1ccccc1. The van der Waals surface area contributed by atoms with Gasteiger partial charge in [0, 0.05) is 25.7 Å². The van der Waals surface area contributed by atoms with E-state index in [2.05, 4.69) is 54.1 Å². The van der Waals surface area contributed by atoms with Crippen LogP contribution in [0.25, 0.3) is 0 Å². The fourth-order valence-electron chi connectivity index (χ4n) is 2.54. The molecule has 0 saturated carbocycles. The lowest BCUT2D eigenvalue weighted by molar-refractivity contribution is -0.123. The Bertz CT molecular complexity index is 433. The van der Waals surface area contributed by atoms with E-state index < -0.39 is 0 Å². The van der Waals surface area contributed by atoms with E-state index in [9.17, 15) is 4.79 Å². The summed E-state index contributed by atoms with van der Waals surface area (Å²) >= 11 is 0. The molecule has 110 valence electrons. The Balaban J connectivity index is 1.81. The third kappa shape index (κ3) is 4.05. The molecule has 1 aliphatic heterocycles. The summed E-state index contributed by atoms with van der Waals surface area (Å²) in [6.07, 6.45) is 0.863. The molecule has 1 amide bonds. The van der Waals surface area contributed by atoms with E-state index in [-0.39, 0.29) is 11.9 Å². The van der Waals surface area contributed by atoms with Gasteiger partial charge in [-0.05, 0) is 17.9 Å². The second kappa shape index (κ2) is 6.86. The molecule has 2 rings (SSSR count). The molecule has 0 aromatic heterocycles. The predicted molar refractivity (Wildman–Crippen MR) is 81.4 cm³/mol. The normalized spacial score (nSPS) is 22.6. The van der Waals surface area contributed by atoms with E-state index >= 15 is 0 Å². The van der Waals surface area contributed by atoms with Crippen molar-refractivity contribution in [2.75, 3.05) is 13.6 Å². The molecular weight excluding hydrogens is 250 g/mol. The van der Waals surface area contributed by atoms with Gasteiger partial charge in [0.15, 0.2) is 0 Å². The van der Waals surface area contributed by atoms with Crippen molar-refractivity contribution in [1.82, 2.24) is 16.0 Å². The van der Waals surface area contributed by atoms with E-state index in [1.54, 1.807) is 7.05 Å². The largest absolute Gasteiger partial charge is 0.358 e. The summed E-state index contributed by atoms with van der Waals surface area (Å²) in [5, 5.41) is 9.58. The highest BCUT2D eigenvalue weighted by molar-refractivity contribution is 5.81. The number of likely N-dealkylation sites (N-methyl/N-ethyl adjacent to an activating group) is 1. The van der Waals surface area contributed by atoms with Crippen molar-refractivity contribution in [2.45, 2.75) is 38.4 Å². The van der Waals surface area contributed by atoms with Gasteiger partial charge in [0.05, 0.1) is 6.04 Å². The Morgan fingerprint density at radius 2 is 2.00 bits per heavy atom. The zero-order valence-electron chi connectivity index (χ0n) is 12.5. The first-order valence-corrected chi connectivity index (χ1v) is 7.37. The molecule has 0 radical (unpaired) electrons. The second-order valence-electron chi connectivity index (χ2n) is 5.87. The Labute approximate surface area is 121 Å². The maximum Gasteiger partial charge on any atom is 0.236 e. The number of carbonyl (C=O) groups is 1. The standard InChI is InChI=1S/C16H25N3O/c1-11(2)9-13(16(20)17-3)18-10-14-15(19-14)12-7-5-4-6-8-12/h4-8,11,13-15,18-19H,9-10H2,1-3H3,(H,17,20)/t13-,14?,15?/m0/s1. The summed E-state index contributed by atoms with van der Waals surface area (Å²) in [5.74, 6) is 0.581. The molecule has 1 saturated heterocycles. The van der Waals surface area contributed by atoms with Crippen LogP contribution in [-0.2, 0) is 4.79 Å². The van der Waals surface area contributed by atoms with E-state index in [0.29, 0.717) is 18.0 Å². The zero-order chi connectivity index (χ0) is 14.5. The number of benzene rings is 1. The Hall–Kier alpha value is -1.39. The molecule has 4 heteroatoms. The number of amides is 1. The maximum atomic E-state index is 11.8. The third-order valence-electron chi connectivity index (χ3n) is 3.70. The van der Waals surface area contributed by atoms with Crippen LogP contribution in [0, 0.1) is 5.92 Å². The van der Waals surface area contributed by atoms with E-state index in [1.165, 1.54) is 5.56 Å². The van der Waals surface area contributed by atoms with Gasteiger partial charge in [-0.1, -0.05) is 44.2 Å². The molecule has 1 aromatic carbocycles. The van der Waals surface area contributed by atoms with E-state index in [0.717, 1.165) is 13.0 Å². The molecular formula is C16H25N3O. The number of nitrogens with one attached hydrogen (secondary N) is 3. The summed E-state index contributed by atoms with van der Waals surface area (Å²) in [6, 6.07) is 11.2. The van der Waals surface area contributed by atoms with Gasteiger partial charge in [-0.15, -0.1) is 0 Å². The molecule has 1 aliphatic rings. The van der Waals surface area contributed by atoms with Gasteiger partial charge < -0.3 is 16.0 Å². The topological polar surface area (TPSA) is 63.1 Å². The zero-order valence-corrected chi connectivity index (χ0v) is 12.5. The first kappa shape index (κ1) is 15.0. The lowest BCUT2D eigenvalue weighted by Gasteiger charge is -2.18. The highest BCUT2D eigenvalue weighted by Gasteiger charge is 2.37. The molecule has 0 bridgehead atoms. The van der Waals surface area contributed by atoms with E-state index in [1.807, 2.05) is 6.07 Å². The molecule has 1 fully saturated rings. The average Bonchev–Trinajstić information content (AvgIpc) is 3.22. The van der Waals surface area contributed by atoms with Crippen molar-refractivity contribution >= 4 is 5.91 Å². The second-order valence-corrected chi connectivity index (χ2v) is 5.87. The van der Waals surface area contributed by atoms with Crippen LogP contribution in [-0.4, -0.2) is 31.6 Å². The Morgan fingerprint density at radius 3 is 2.60 bits per heavy atom. The summed E-state index contributed by atoms with van der Waals surface area (Å²) in [4.78, 5) is 11.8. The minimum Gasteiger partial charge on any atom is -0.358 e. The monoisotopic (exact) mass is 275 g/mol. The van der Waals surface area contributed by atoms with Gasteiger partial charge in [-0.3, -0.25) is 4.79 Å². The summed E-state index contributed by atoms with van der Waals surface area (Å²) in [6.45, 7) is 5.10. The van der Waals surface area contributed by atoms with Crippen LogP contribution in [0.15, 0.2) is 30.3 Å². The number of rotatable bonds is 7. The van der Waals surface area contributed by atoms with Crippen molar-refractivity contribution in [3.63, 3.8) is 0 Å². The summed E-state index contributed by atoms with van der Waals surface area (Å²) < 4.78 is 0. The molecule has 0 spiro atoms. The first-order valence-electron chi connectivity index (χ1n) is 7.37. The molecule has 1 aromatic rings. The van der Waals surface area contributed by atoms with Crippen molar-refractivity contribution < 1.29 is 4.79 Å². The Kier molecular flexibility index (Phi) is 5.15. The van der Waals surface area contributed by atoms with Gasteiger partial charge >= 0.3 is 0 Å². The Morgan fingerprint density at radius 1 is 1.30 bits per heavy atom. The molecule has 0 aliphatic carbocycles. The van der Waals surface area contributed by atoms with Gasteiger partial charge in [0.2, 0.25) is 5.91 Å². The smallest absolute Gasteiger partial charge is 0.236 e. The molecule has 3 N–H and O–H groups in total. The van der Waals surface area contributed by atoms with Crippen molar-refractivity contribution in [2.24, 2.45) is 5.92 Å².